The van der Waals surface area contributed by atoms with E-state index < -0.39 is 0 Å². The van der Waals surface area contributed by atoms with Crippen LogP contribution in [0.2, 0.25) is 0 Å². The highest BCUT2D eigenvalue weighted by Gasteiger charge is 2.03. The molecule has 2 rings (SSSR count). The van der Waals surface area contributed by atoms with Crippen LogP contribution in [-0.4, -0.2) is 11.0 Å². The number of aromatic nitrogens is 1. The van der Waals surface area contributed by atoms with Gasteiger partial charge in [0, 0.05) is 17.6 Å². The molecule has 0 aliphatic carbocycles. The third-order valence-electron chi connectivity index (χ3n) is 2.67. The average Bonchev–Trinajstić information content (AvgIpc) is 2.29. The van der Waals surface area contributed by atoms with E-state index in [1.807, 2.05) is 18.3 Å². The second-order valence-electron chi connectivity index (χ2n) is 3.83. The zero-order valence-electron chi connectivity index (χ0n) is 9.20. The van der Waals surface area contributed by atoms with Gasteiger partial charge >= 0.3 is 0 Å². The van der Waals surface area contributed by atoms with E-state index in [4.69, 9.17) is 0 Å². The molecule has 0 radical (unpaired) electrons. The molecule has 2 heteroatoms. The van der Waals surface area contributed by atoms with Crippen molar-refractivity contribution in [2.45, 2.75) is 26.3 Å². The highest BCUT2D eigenvalue weighted by Crippen LogP contribution is 2.21. The van der Waals surface area contributed by atoms with Gasteiger partial charge in [0.25, 0.3) is 0 Å². The first-order chi connectivity index (χ1) is 7.31. The third-order valence-corrected chi connectivity index (χ3v) is 2.67. The van der Waals surface area contributed by atoms with Gasteiger partial charge in [0.1, 0.15) is 5.82 Å². The lowest BCUT2D eigenvalue weighted by atomic mass is 10.1. The maximum absolute atomic E-state index is 4.38. The summed E-state index contributed by atoms with van der Waals surface area (Å²) in [5.41, 5.74) is 0. The van der Waals surface area contributed by atoms with E-state index in [0.717, 1.165) is 12.2 Å². The standard InChI is InChI=1S/C13H16N2/c1-3-10(2)15-13-12-7-5-4-6-11(12)8-9-14-13/h4-10H,3H2,1-2H3,(H,14,15). The molecule has 1 aromatic heterocycles. The predicted octanol–water partition coefficient (Wildman–Crippen LogP) is 3.45. The van der Waals surface area contributed by atoms with Gasteiger partial charge in [-0.15, -0.1) is 0 Å². The fourth-order valence-electron chi connectivity index (χ4n) is 1.57. The van der Waals surface area contributed by atoms with Gasteiger partial charge in [-0.1, -0.05) is 31.2 Å². The van der Waals surface area contributed by atoms with Gasteiger partial charge in [-0.05, 0) is 24.8 Å². The number of pyridine rings is 1. The van der Waals surface area contributed by atoms with Gasteiger partial charge in [-0.25, -0.2) is 4.98 Å². The summed E-state index contributed by atoms with van der Waals surface area (Å²) in [6.45, 7) is 4.34. The van der Waals surface area contributed by atoms with Crippen LogP contribution in [0.1, 0.15) is 20.3 Å². The molecule has 2 nitrogen and oxygen atoms in total. The van der Waals surface area contributed by atoms with Crippen molar-refractivity contribution in [2.75, 3.05) is 5.32 Å². The van der Waals surface area contributed by atoms with Crippen molar-refractivity contribution in [2.24, 2.45) is 0 Å². The SMILES string of the molecule is CCC(C)Nc1nccc2ccccc12. The van der Waals surface area contributed by atoms with Crippen LogP contribution >= 0.6 is 0 Å². The number of hydrogen-bond donors (Lipinski definition) is 1. The molecular weight excluding hydrogens is 184 g/mol. The van der Waals surface area contributed by atoms with Crippen LogP contribution in [0, 0.1) is 0 Å². The fourth-order valence-corrected chi connectivity index (χ4v) is 1.57. The quantitative estimate of drug-likeness (QED) is 0.820. The molecule has 0 aliphatic rings. The van der Waals surface area contributed by atoms with Gasteiger partial charge in [0.15, 0.2) is 0 Å². The lowest BCUT2D eigenvalue weighted by Crippen LogP contribution is -2.14. The third kappa shape index (κ3) is 2.09. The molecule has 1 aromatic carbocycles. The maximum Gasteiger partial charge on any atom is 0.134 e. The number of hydrogen-bond acceptors (Lipinski definition) is 2. The molecule has 15 heavy (non-hydrogen) atoms. The normalized spacial score (nSPS) is 12.7. The number of benzene rings is 1. The van der Waals surface area contributed by atoms with E-state index in [1.165, 1.54) is 10.8 Å². The number of fused-ring (bicyclic) bond motifs is 1. The van der Waals surface area contributed by atoms with Crippen LogP contribution in [0.4, 0.5) is 5.82 Å². The first-order valence-electron chi connectivity index (χ1n) is 5.41. The summed E-state index contributed by atoms with van der Waals surface area (Å²) in [4.78, 5) is 4.38. The lowest BCUT2D eigenvalue weighted by molar-refractivity contribution is 0.760. The lowest BCUT2D eigenvalue weighted by Gasteiger charge is -2.13. The van der Waals surface area contributed by atoms with Gasteiger partial charge in [0.05, 0.1) is 0 Å². The van der Waals surface area contributed by atoms with Crippen molar-refractivity contribution >= 4 is 16.6 Å². The monoisotopic (exact) mass is 200 g/mol. The first kappa shape index (κ1) is 9.97. The van der Waals surface area contributed by atoms with Crippen molar-refractivity contribution in [1.82, 2.24) is 4.98 Å². The molecular formula is C13H16N2. The summed E-state index contributed by atoms with van der Waals surface area (Å²) in [6.07, 6.45) is 2.96. The van der Waals surface area contributed by atoms with E-state index in [-0.39, 0.29) is 0 Å². The fraction of sp³-hybridized carbons (Fsp3) is 0.308. The summed E-state index contributed by atoms with van der Waals surface area (Å²) < 4.78 is 0. The van der Waals surface area contributed by atoms with Gasteiger partial charge in [-0.3, -0.25) is 0 Å². The van der Waals surface area contributed by atoms with Gasteiger partial charge in [0.2, 0.25) is 0 Å². The molecule has 0 bridgehead atoms. The van der Waals surface area contributed by atoms with Crippen molar-refractivity contribution in [3.8, 4) is 0 Å². The number of anilines is 1. The Hall–Kier alpha value is -1.57. The summed E-state index contributed by atoms with van der Waals surface area (Å²) >= 11 is 0. The van der Waals surface area contributed by atoms with Crippen LogP contribution in [0.25, 0.3) is 10.8 Å². The number of nitrogens with zero attached hydrogens (tertiary/aromatic N) is 1. The Kier molecular flexibility index (Phi) is 2.86. The minimum absolute atomic E-state index is 0.461. The molecule has 1 atom stereocenters. The molecule has 78 valence electrons. The number of nitrogens with one attached hydrogen (secondary N) is 1. The van der Waals surface area contributed by atoms with E-state index in [2.05, 4.69) is 42.3 Å². The van der Waals surface area contributed by atoms with Gasteiger partial charge in [-0.2, -0.15) is 0 Å². The van der Waals surface area contributed by atoms with Crippen molar-refractivity contribution < 1.29 is 0 Å². The first-order valence-corrected chi connectivity index (χ1v) is 5.41. The molecule has 2 aromatic rings. The second-order valence-corrected chi connectivity index (χ2v) is 3.83. The Balaban J connectivity index is 2.42. The summed E-state index contributed by atoms with van der Waals surface area (Å²) in [6, 6.07) is 10.8. The highest BCUT2D eigenvalue weighted by atomic mass is 15.0. The van der Waals surface area contributed by atoms with E-state index in [1.54, 1.807) is 0 Å². The Bertz CT molecular complexity index is 446. The molecule has 1 unspecified atom stereocenters. The van der Waals surface area contributed by atoms with Crippen LogP contribution in [0.3, 0.4) is 0 Å². The Morgan fingerprint density at radius 3 is 2.87 bits per heavy atom. The van der Waals surface area contributed by atoms with Crippen molar-refractivity contribution in [3.05, 3.63) is 36.5 Å². The largest absolute Gasteiger partial charge is 0.367 e. The van der Waals surface area contributed by atoms with Crippen LogP contribution in [0.5, 0.6) is 0 Å². The van der Waals surface area contributed by atoms with Crippen molar-refractivity contribution in [1.29, 1.82) is 0 Å². The second kappa shape index (κ2) is 4.30. The van der Waals surface area contributed by atoms with Crippen LogP contribution in [-0.2, 0) is 0 Å². The Morgan fingerprint density at radius 2 is 2.07 bits per heavy atom. The molecule has 0 fully saturated rings. The minimum Gasteiger partial charge on any atom is -0.367 e. The molecule has 0 amide bonds. The van der Waals surface area contributed by atoms with E-state index >= 15 is 0 Å². The summed E-state index contributed by atoms with van der Waals surface area (Å²) in [7, 11) is 0. The molecule has 0 saturated heterocycles. The molecule has 1 heterocycles. The molecule has 0 spiro atoms. The van der Waals surface area contributed by atoms with Crippen LogP contribution in [0.15, 0.2) is 36.5 Å². The highest BCUT2D eigenvalue weighted by molar-refractivity contribution is 5.91. The summed E-state index contributed by atoms with van der Waals surface area (Å²) in [5.74, 6) is 0.988. The van der Waals surface area contributed by atoms with Crippen LogP contribution < -0.4 is 5.32 Å². The van der Waals surface area contributed by atoms with Crippen molar-refractivity contribution in [3.63, 3.8) is 0 Å². The van der Waals surface area contributed by atoms with E-state index in [0.29, 0.717) is 6.04 Å². The maximum atomic E-state index is 4.38. The Labute approximate surface area is 90.3 Å². The smallest absolute Gasteiger partial charge is 0.134 e. The van der Waals surface area contributed by atoms with E-state index in [9.17, 15) is 0 Å². The topological polar surface area (TPSA) is 24.9 Å². The minimum atomic E-state index is 0.461. The predicted molar refractivity (Wildman–Crippen MR) is 65.1 cm³/mol. The van der Waals surface area contributed by atoms with Gasteiger partial charge < -0.3 is 5.32 Å². The number of rotatable bonds is 3. The zero-order chi connectivity index (χ0) is 10.7. The molecule has 0 aliphatic heterocycles. The molecule has 0 saturated carbocycles. The molecule has 1 N–H and O–H groups in total. The Morgan fingerprint density at radius 1 is 1.27 bits per heavy atom. The average molecular weight is 200 g/mol. The summed E-state index contributed by atoms with van der Waals surface area (Å²) in [5, 5.41) is 5.85. The zero-order valence-corrected chi connectivity index (χ0v) is 9.20.